The molecule has 0 saturated heterocycles. The molecule has 0 aromatic heterocycles. The molecule has 1 N–H and O–H groups in total. The summed E-state index contributed by atoms with van der Waals surface area (Å²) >= 11 is 6.17. The lowest BCUT2D eigenvalue weighted by molar-refractivity contribution is -0.384. The van der Waals surface area contributed by atoms with Crippen molar-refractivity contribution in [3.05, 3.63) is 75.8 Å². The Kier molecular flexibility index (Phi) is 6.68. The van der Waals surface area contributed by atoms with Crippen molar-refractivity contribution in [2.24, 2.45) is 0 Å². The van der Waals surface area contributed by atoms with Gasteiger partial charge in [-0.15, -0.1) is 11.6 Å². The van der Waals surface area contributed by atoms with Crippen molar-refractivity contribution in [1.82, 2.24) is 5.32 Å². The first-order valence-electron chi connectivity index (χ1n) is 7.84. The summed E-state index contributed by atoms with van der Waals surface area (Å²) in [4.78, 5) is 34.8. The number of alkyl halides is 1. The molecule has 2 aromatic rings. The van der Waals surface area contributed by atoms with Crippen LogP contribution in [0.2, 0.25) is 0 Å². The first-order valence-corrected chi connectivity index (χ1v) is 8.28. The summed E-state index contributed by atoms with van der Waals surface area (Å²) in [5, 5.41) is 12.2. The number of rotatable bonds is 7. The molecule has 0 aliphatic rings. The van der Waals surface area contributed by atoms with Crippen LogP contribution in [-0.2, 0) is 14.3 Å². The number of hydrogen-bond donors (Lipinski definition) is 1. The van der Waals surface area contributed by atoms with Gasteiger partial charge < -0.3 is 10.1 Å². The van der Waals surface area contributed by atoms with Crippen LogP contribution >= 0.6 is 11.6 Å². The number of hydrogen-bond acceptors (Lipinski definition) is 5. The van der Waals surface area contributed by atoms with Gasteiger partial charge in [0, 0.05) is 12.1 Å². The van der Waals surface area contributed by atoms with Crippen LogP contribution in [-0.4, -0.2) is 23.4 Å². The van der Waals surface area contributed by atoms with Gasteiger partial charge in [-0.25, -0.2) is 4.79 Å². The second-order valence-electron chi connectivity index (χ2n) is 5.32. The maximum absolute atomic E-state index is 12.5. The predicted molar refractivity (Wildman–Crippen MR) is 95.6 cm³/mol. The average molecular weight is 377 g/mol. The number of amides is 1. The zero-order valence-corrected chi connectivity index (χ0v) is 14.7. The molecule has 0 saturated carbocycles. The summed E-state index contributed by atoms with van der Waals surface area (Å²) in [7, 11) is 0. The summed E-state index contributed by atoms with van der Waals surface area (Å²) < 4.78 is 5.02. The molecule has 8 heteroatoms. The van der Waals surface area contributed by atoms with E-state index in [4.69, 9.17) is 16.3 Å². The van der Waals surface area contributed by atoms with Gasteiger partial charge in [0.05, 0.1) is 11.5 Å². The Labute approximate surface area is 155 Å². The largest absolute Gasteiger partial charge is 0.464 e. The molecule has 0 heterocycles. The van der Waals surface area contributed by atoms with Crippen molar-refractivity contribution in [2.45, 2.75) is 18.3 Å². The van der Waals surface area contributed by atoms with Gasteiger partial charge in [0.25, 0.3) is 5.69 Å². The number of non-ortho nitro benzene ring substituents is 1. The average Bonchev–Trinajstić information content (AvgIpc) is 2.66. The fourth-order valence-electron chi connectivity index (χ4n) is 2.28. The molecule has 7 nitrogen and oxygen atoms in total. The number of ether oxygens (including phenoxy) is 1. The van der Waals surface area contributed by atoms with Gasteiger partial charge in [-0.3, -0.25) is 14.9 Å². The number of carbonyl (C=O) groups excluding carboxylic acids is 2. The van der Waals surface area contributed by atoms with Gasteiger partial charge >= 0.3 is 5.97 Å². The van der Waals surface area contributed by atoms with Crippen molar-refractivity contribution < 1.29 is 19.2 Å². The lowest BCUT2D eigenvalue weighted by atomic mass is 10.1. The van der Waals surface area contributed by atoms with Crippen molar-refractivity contribution >= 4 is 29.2 Å². The second kappa shape index (κ2) is 8.96. The minimum absolute atomic E-state index is 0.105. The number of carbonyl (C=O) groups is 2. The molecule has 0 bridgehead atoms. The quantitative estimate of drug-likeness (QED) is 0.346. The Morgan fingerprint density at radius 2 is 1.73 bits per heavy atom. The highest BCUT2D eigenvalue weighted by Crippen LogP contribution is 2.25. The molecule has 0 aliphatic carbocycles. The minimum atomic E-state index is -1.11. The molecular formula is C18H17ClN2O5. The van der Waals surface area contributed by atoms with Gasteiger partial charge in [0.15, 0.2) is 6.04 Å². The molecule has 1 amide bonds. The monoisotopic (exact) mass is 376 g/mol. The number of nitrogens with one attached hydrogen (secondary N) is 1. The van der Waals surface area contributed by atoms with E-state index >= 15 is 0 Å². The minimum Gasteiger partial charge on any atom is -0.464 e. The van der Waals surface area contributed by atoms with Gasteiger partial charge in [-0.2, -0.15) is 0 Å². The molecule has 2 rings (SSSR count). The van der Waals surface area contributed by atoms with Crippen molar-refractivity contribution in [2.75, 3.05) is 6.61 Å². The third kappa shape index (κ3) is 4.80. The van der Waals surface area contributed by atoms with E-state index in [2.05, 4.69) is 5.32 Å². The standard InChI is InChI=1S/C18H17ClN2O5/c1-2-26-18(23)16(13-6-4-3-5-7-13)20-17(22)15(19)12-8-10-14(11-9-12)21(24)25/h3-11,15-16H,2H2,1H3,(H,20,22)/t15-,16+/m0/s1. The van der Waals surface area contributed by atoms with Crippen LogP contribution in [0.1, 0.15) is 29.5 Å². The highest BCUT2D eigenvalue weighted by atomic mass is 35.5. The van der Waals surface area contributed by atoms with Gasteiger partial charge in [-0.05, 0) is 18.1 Å². The fourth-order valence-corrected chi connectivity index (χ4v) is 2.49. The topological polar surface area (TPSA) is 98.5 Å². The number of halogens is 1. The number of nitro benzene ring substituents is 1. The highest BCUT2D eigenvalue weighted by Gasteiger charge is 2.27. The number of nitrogens with zero attached hydrogens (tertiary/aromatic N) is 1. The summed E-state index contributed by atoms with van der Waals surface area (Å²) in [5.41, 5.74) is 0.837. The molecule has 136 valence electrons. The molecule has 2 atom stereocenters. The molecule has 26 heavy (non-hydrogen) atoms. The Morgan fingerprint density at radius 3 is 2.27 bits per heavy atom. The van der Waals surface area contributed by atoms with Gasteiger partial charge in [0.2, 0.25) is 5.91 Å². The van der Waals surface area contributed by atoms with Gasteiger partial charge in [0.1, 0.15) is 5.38 Å². The predicted octanol–water partition coefficient (Wildman–Crippen LogP) is 3.30. The molecule has 0 fully saturated rings. The summed E-state index contributed by atoms with van der Waals surface area (Å²) in [5.74, 6) is -1.21. The summed E-state index contributed by atoms with van der Waals surface area (Å²) in [6.45, 7) is 1.84. The van der Waals surface area contributed by atoms with E-state index < -0.39 is 28.2 Å². The van der Waals surface area contributed by atoms with Gasteiger partial charge in [-0.1, -0.05) is 42.5 Å². The maximum atomic E-state index is 12.5. The number of nitro groups is 1. The van der Waals surface area contributed by atoms with Crippen LogP contribution in [0.4, 0.5) is 5.69 Å². The van der Waals surface area contributed by atoms with Crippen LogP contribution in [0, 0.1) is 10.1 Å². The van der Waals surface area contributed by atoms with Crippen LogP contribution in [0.5, 0.6) is 0 Å². The smallest absolute Gasteiger partial charge is 0.333 e. The van der Waals surface area contributed by atoms with E-state index in [-0.39, 0.29) is 12.3 Å². The molecule has 0 unspecified atom stereocenters. The third-order valence-electron chi connectivity index (χ3n) is 3.57. The summed E-state index contributed by atoms with van der Waals surface area (Å²) in [6.07, 6.45) is 0. The zero-order valence-electron chi connectivity index (χ0n) is 13.9. The van der Waals surface area contributed by atoms with Crippen LogP contribution in [0.3, 0.4) is 0 Å². The molecule has 0 radical (unpaired) electrons. The second-order valence-corrected chi connectivity index (χ2v) is 5.75. The lowest BCUT2D eigenvalue weighted by Crippen LogP contribution is -2.36. The maximum Gasteiger partial charge on any atom is 0.333 e. The van der Waals surface area contributed by atoms with Crippen LogP contribution in [0.25, 0.3) is 0 Å². The normalized spacial score (nSPS) is 12.7. The Balaban J connectivity index is 2.17. The number of esters is 1. The van der Waals surface area contributed by atoms with E-state index in [0.717, 1.165) is 0 Å². The molecule has 2 aromatic carbocycles. The molecule has 0 spiro atoms. The van der Waals surface area contributed by atoms with Crippen LogP contribution in [0.15, 0.2) is 54.6 Å². The lowest BCUT2D eigenvalue weighted by Gasteiger charge is -2.19. The first-order chi connectivity index (χ1) is 12.4. The van der Waals surface area contributed by atoms with Crippen molar-refractivity contribution in [3.63, 3.8) is 0 Å². The van der Waals surface area contributed by atoms with Crippen LogP contribution < -0.4 is 5.32 Å². The number of benzene rings is 2. The molecular weight excluding hydrogens is 360 g/mol. The van der Waals surface area contributed by atoms with E-state index in [1.807, 2.05) is 0 Å². The molecule has 0 aliphatic heterocycles. The summed E-state index contributed by atoms with van der Waals surface area (Å²) in [6, 6.07) is 13.0. The Hall–Kier alpha value is -2.93. The van der Waals surface area contributed by atoms with E-state index in [9.17, 15) is 19.7 Å². The Bertz CT molecular complexity index is 780. The SMILES string of the molecule is CCOC(=O)[C@H](NC(=O)[C@@H](Cl)c1ccc([N+](=O)[O-])cc1)c1ccccc1. The zero-order chi connectivity index (χ0) is 19.1. The van der Waals surface area contributed by atoms with E-state index in [1.165, 1.54) is 24.3 Å². The van der Waals surface area contributed by atoms with E-state index in [1.54, 1.807) is 37.3 Å². The fraction of sp³-hybridized carbons (Fsp3) is 0.222. The third-order valence-corrected chi connectivity index (χ3v) is 4.02. The van der Waals surface area contributed by atoms with Crippen molar-refractivity contribution in [3.8, 4) is 0 Å². The Morgan fingerprint density at radius 1 is 1.12 bits per heavy atom. The highest BCUT2D eigenvalue weighted by molar-refractivity contribution is 6.30. The van der Waals surface area contributed by atoms with E-state index in [0.29, 0.717) is 11.1 Å². The first kappa shape index (κ1) is 19.4. The van der Waals surface area contributed by atoms with Crippen molar-refractivity contribution in [1.29, 1.82) is 0 Å².